The highest BCUT2D eigenvalue weighted by atomic mass is 28.3. The van der Waals surface area contributed by atoms with Gasteiger partial charge < -0.3 is 4.89 Å². The van der Waals surface area contributed by atoms with E-state index in [0.717, 1.165) is 0 Å². The molecule has 0 radical (unpaired) electrons. The van der Waals surface area contributed by atoms with Crippen molar-refractivity contribution in [3.05, 3.63) is 10.7 Å². The Morgan fingerprint density at radius 1 is 1.31 bits per heavy atom. The van der Waals surface area contributed by atoms with Gasteiger partial charge in [0.2, 0.25) is 6.85 Å². The molecule has 0 saturated heterocycles. The van der Waals surface area contributed by atoms with Crippen molar-refractivity contribution in [3.63, 3.8) is 0 Å². The summed E-state index contributed by atoms with van der Waals surface area (Å²) >= 11 is 0. The minimum absolute atomic E-state index is 0.696. The Hall–Kier alpha value is -0.0182. The van der Waals surface area contributed by atoms with Crippen molar-refractivity contribution < 1.29 is 0 Å². The fraction of sp³-hybridized carbons (Fsp3) is 0.800. The zero-order valence-electron chi connectivity index (χ0n) is 9.70. The lowest BCUT2D eigenvalue weighted by Crippen LogP contribution is -2.49. The maximum Gasteiger partial charge on any atom is 0.243 e. The summed E-state index contributed by atoms with van der Waals surface area (Å²) in [7, 11) is -1.20. The Kier molecular flexibility index (Phi) is 3.41. The van der Waals surface area contributed by atoms with Crippen LogP contribution in [0.25, 0.3) is 0 Å². The molecule has 1 N–H and O–H groups in total. The highest BCUT2D eigenvalue weighted by molar-refractivity contribution is 6.96. The first-order chi connectivity index (χ1) is 6.09. The molecule has 1 nitrogen and oxygen atoms in total. The normalized spacial score (nSPS) is 28.8. The van der Waals surface area contributed by atoms with Gasteiger partial charge in [-0.3, -0.25) is 0 Å². The monoisotopic (exact) mass is 195 g/mol. The molecule has 1 heterocycles. The smallest absolute Gasteiger partial charge is 0.243 e. The van der Waals surface area contributed by atoms with Crippen LogP contribution in [0.5, 0.6) is 0 Å². The largest absolute Gasteiger partial charge is 0.371 e. The minimum Gasteiger partial charge on any atom is -0.371 e. The number of nitrogens with one attached hydrogen (secondary N) is 1. The molecule has 0 fully saturated rings. The number of allylic oxidation sites excluding steroid dienone is 2. The molecule has 0 aromatic carbocycles. The first kappa shape index (κ1) is 11.1. The second kappa shape index (κ2) is 4.01. The molecule has 0 spiro atoms. The van der Waals surface area contributed by atoms with Gasteiger partial charge in [0.05, 0.1) is 0 Å². The van der Waals surface area contributed by atoms with Gasteiger partial charge in [0.25, 0.3) is 0 Å². The fourth-order valence-corrected chi connectivity index (χ4v) is 5.58. The summed E-state index contributed by atoms with van der Waals surface area (Å²) in [5, 5.41) is 1.73. The zero-order valence-corrected chi connectivity index (χ0v) is 10.7. The molecule has 0 bridgehead atoms. The van der Waals surface area contributed by atoms with E-state index in [0.29, 0.717) is 6.85 Å². The Balaban J connectivity index is 2.95. The van der Waals surface area contributed by atoms with Crippen LogP contribution in [0.1, 0.15) is 34.1 Å². The molecule has 74 valence electrons. The maximum absolute atomic E-state index is 3.88. The highest BCUT2D eigenvalue weighted by Crippen LogP contribution is 2.30. The summed E-state index contributed by atoms with van der Waals surface area (Å²) in [5.74, 6) is 0. The van der Waals surface area contributed by atoms with Gasteiger partial charge in [-0.15, -0.1) is 0 Å². The third-order valence-corrected chi connectivity index (χ3v) is 8.10. The van der Waals surface area contributed by atoms with Crippen molar-refractivity contribution >= 4 is 15.1 Å². The average Bonchev–Trinajstić information content (AvgIpc) is 2.40. The second-order valence-corrected chi connectivity index (χ2v) is 8.70. The summed E-state index contributed by atoms with van der Waals surface area (Å²) in [6, 6.07) is 1.33. The quantitative estimate of drug-likeness (QED) is 0.682. The molecule has 1 unspecified atom stereocenters. The topological polar surface area (TPSA) is 12.0 Å². The predicted octanol–water partition coefficient (Wildman–Crippen LogP) is 3.00. The van der Waals surface area contributed by atoms with Crippen molar-refractivity contribution in [1.82, 2.24) is 4.89 Å². The van der Waals surface area contributed by atoms with Crippen LogP contribution in [-0.4, -0.2) is 15.1 Å². The first-order valence-corrected chi connectivity index (χ1v) is 8.27. The van der Waals surface area contributed by atoms with Gasteiger partial charge in [-0.25, -0.2) is 0 Å². The number of hydrogen-bond donors (Lipinski definition) is 1. The summed E-state index contributed by atoms with van der Waals surface area (Å²) in [6.45, 7) is 12.4. The van der Waals surface area contributed by atoms with Crippen molar-refractivity contribution in [1.29, 1.82) is 0 Å². The SMILES string of the molecule is CCB1N[Si](C)(CC)C(C)=C1CC. The molecule has 1 aliphatic heterocycles. The predicted molar refractivity (Wildman–Crippen MR) is 64.5 cm³/mol. The van der Waals surface area contributed by atoms with E-state index >= 15 is 0 Å². The summed E-state index contributed by atoms with van der Waals surface area (Å²) in [4.78, 5) is 3.88. The Morgan fingerprint density at radius 3 is 2.23 bits per heavy atom. The molecule has 1 aliphatic rings. The van der Waals surface area contributed by atoms with Crippen LogP contribution in [0.3, 0.4) is 0 Å². The Bertz CT molecular complexity index is 227. The van der Waals surface area contributed by atoms with Crippen LogP contribution in [0.15, 0.2) is 10.7 Å². The molecule has 1 rings (SSSR count). The van der Waals surface area contributed by atoms with Crippen LogP contribution in [-0.2, 0) is 0 Å². The molecular formula is C10H22BNSi. The van der Waals surface area contributed by atoms with Gasteiger partial charge >= 0.3 is 0 Å². The molecule has 3 heteroatoms. The van der Waals surface area contributed by atoms with Crippen LogP contribution in [0.2, 0.25) is 18.9 Å². The van der Waals surface area contributed by atoms with Crippen LogP contribution in [0.4, 0.5) is 0 Å². The summed E-state index contributed by atoms with van der Waals surface area (Å²) < 4.78 is 0. The average molecular weight is 195 g/mol. The van der Waals surface area contributed by atoms with Crippen LogP contribution in [0, 0.1) is 0 Å². The molecule has 0 saturated carbocycles. The minimum atomic E-state index is -1.20. The van der Waals surface area contributed by atoms with Gasteiger partial charge in [-0.05, 0) is 19.4 Å². The maximum atomic E-state index is 3.88. The molecule has 0 amide bonds. The third-order valence-electron chi connectivity index (χ3n) is 3.72. The van der Waals surface area contributed by atoms with E-state index in [1.165, 1.54) is 18.8 Å². The van der Waals surface area contributed by atoms with E-state index < -0.39 is 8.24 Å². The molecular weight excluding hydrogens is 173 g/mol. The number of hydrogen-bond acceptors (Lipinski definition) is 1. The molecule has 0 aromatic rings. The summed E-state index contributed by atoms with van der Waals surface area (Å²) in [6.07, 6.45) is 2.49. The summed E-state index contributed by atoms with van der Waals surface area (Å²) in [5.41, 5.74) is 1.71. The van der Waals surface area contributed by atoms with E-state index in [1.54, 1.807) is 10.7 Å². The molecule has 0 aliphatic carbocycles. The second-order valence-electron chi connectivity index (χ2n) is 4.29. The van der Waals surface area contributed by atoms with E-state index in [4.69, 9.17) is 0 Å². The molecule has 13 heavy (non-hydrogen) atoms. The number of rotatable bonds is 3. The highest BCUT2D eigenvalue weighted by Gasteiger charge is 2.40. The zero-order chi connectivity index (χ0) is 10.1. The van der Waals surface area contributed by atoms with E-state index in [1.807, 2.05) is 0 Å². The lowest BCUT2D eigenvalue weighted by atomic mass is 9.54. The standard InChI is InChI=1S/C10H22BNSi/c1-6-10-9(4)13(5,8-3)12-11(10)7-2/h12H,6-8H2,1-5H3. The Morgan fingerprint density at radius 2 is 1.92 bits per heavy atom. The lowest BCUT2D eigenvalue weighted by molar-refractivity contribution is 1.15. The first-order valence-electron chi connectivity index (χ1n) is 5.56. The van der Waals surface area contributed by atoms with Gasteiger partial charge in [-0.2, -0.15) is 0 Å². The third kappa shape index (κ3) is 1.77. The van der Waals surface area contributed by atoms with Crippen molar-refractivity contribution in [2.75, 3.05) is 0 Å². The lowest BCUT2D eigenvalue weighted by Gasteiger charge is -2.23. The Labute approximate surface area is 84.2 Å². The van der Waals surface area contributed by atoms with E-state index in [2.05, 4.69) is 39.1 Å². The molecule has 0 aromatic heterocycles. The van der Waals surface area contributed by atoms with E-state index in [-0.39, 0.29) is 0 Å². The van der Waals surface area contributed by atoms with Gasteiger partial charge in [0.1, 0.15) is 8.24 Å². The van der Waals surface area contributed by atoms with Gasteiger partial charge in [-0.1, -0.05) is 44.3 Å². The van der Waals surface area contributed by atoms with Crippen LogP contribution < -0.4 is 4.89 Å². The van der Waals surface area contributed by atoms with Gasteiger partial charge in [0.15, 0.2) is 0 Å². The fourth-order valence-electron chi connectivity index (χ4n) is 2.42. The van der Waals surface area contributed by atoms with E-state index in [9.17, 15) is 0 Å². The molecule has 1 atom stereocenters. The van der Waals surface area contributed by atoms with Gasteiger partial charge in [0, 0.05) is 0 Å². The van der Waals surface area contributed by atoms with Crippen molar-refractivity contribution in [2.45, 2.75) is 53.0 Å². The van der Waals surface area contributed by atoms with Crippen LogP contribution >= 0.6 is 0 Å². The van der Waals surface area contributed by atoms with Crippen molar-refractivity contribution in [2.24, 2.45) is 0 Å². The van der Waals surface area contributed by atoms with Crippen molar-refractivity contribution in [3.8, 4) is 0 Å².